The Balaban J connectivity index is 1.70. The minimum atomic E-state index is -3.21. The maximum Gasteiger partial charge on any atom is 0.224 e. The van der Waals surface area contributed by atoms with Crippen LogP contribution >= 0.6 is 0 Å². The Morgan fingerprint density at radius 3 is 2.54 bits per heavy atom. The van der Waals surface area contributed by atoms with E-state index in [0.717, 1.165) is 18.6 Å². The zero-order valence-corrected chi connectivity index (χ0v) is 15.4. The lowest BCUT2D eigenvalue weighted by molar-refractivity contribution is -0.116. The van der Waals surface area contributed by atoms with Crippen LogP contribution in [0.4, 0.5) is 11.5 Å². The summed E-state index contributed by atoms with van der Waals surface area (Å²) in [6.07, 6.45) is 5.11. The minimum absolute atomic E-state index is 0.0142. The van der Waals surface area contributed by atoms with Crippen molar-refractivity contribution in [3.63, 3.8) is 0 Å². The summed E-state index contributed by atoms with van der Waals surface area (Å²) in [4.78, 5) is 20.4. The van der Waals surface area contributed by atoms with Gasteiger partial charge in [0.2, 0.25) is 5.91 Å². The molecule has 3 N–H and O–H groups in total. The number of anilines is 2. The monoisotopic (exact) mass is 374 g/mol. The number of hydrogen-bond donors (Lipinski definition) is 2. The highest BCUT2D eigenvalue weighted by Crippen LogP contribution is 2.33. The summed E-state index contributed by atoms with van der Waals surface area (Å²) in [5.41, 5.74) is 7.53. The van der Waals surface area contributed by atoms with Gasteiger partial charge in [-0.2, -0.15) is 0 Å². The Kier molecular flexibility index (Phi) is 5.22. The molecule has 0 aliphatic heterocycles. The number of aromatic nitrogens is 2. The summed E-state index contributed by atoms with van der Waals surface area (Å²) in [7, 11) is -3.21. The Bertz CT molecular complexity index is 907. The fourth-order valence-corrected chi connectivity index (χ4v) is 3.34. The van der Waals surface area contributed by atoms with E-state index in [1.807, 2.05) is 0 Å². The first-order valence-electron chi connectivity index (χ1n) is 8.50. The molecule has 1 amide bonds. The molecule has 1 aromatic heterocycles. The van der Waals surface area contributed by atoms with Gasteiger partial charge < -0.3 is 11.1 Å². The second-order valence-electron chi connectivity index (χ2n) is 6.79. The van der Waals surface area contributed by atoms with Gasteiger partial charge in [0, 0.05) is 30.0 Å². The standard InChI is InChI=1S/C18H22N4O3S/c1-26(24,25)11-15-10-16(19)22-18(21-15)13-5-7-14(8-6-13)20-17(23)9-4-12-2-3-12/h5-8,10,12H,2-4,9,11H2,1H3,(H,20,23)(H2,19,21,22). The second kappa shape index (κ2) is 7.41. The van der Waals surface area contributed by atoms with Gasteiger partial charge in [0.1, 0.15) is 5.82 Å². The number of nitrogen functional groups attached to an aromatic ring is 1. The summed E-state index contributed by atoms with van der Waals surface area (Å²) in [6, 6.07) is 8.55. The van der Waals surface area contributed by atoms with Crippen LogP contribution < -0.4 is 11.1 Å². The van der Waals surface area contributed by atoms with Crippen molar-refractivity contribution in [1.82, 2.24) is 9.97 Å². The predicted molar refractivity (Wildman–Crippen MR) is 101 cm³/mol. The third kappa shape index (κ3) is 5.52. The molecule has 0 bridgehead atoms. The largest absolute Gasteiger partial charge is 0.384 e. The average molecular weight is 374 g/mol. The van der Waals surface area contributed by atoms with Gasteiger partial charge in [-0.05, 0) is 36.6 Å². The second-order valence-corrected chi connectivity index (χ2v) is 8.93. The number of hydrogen-bond acceptors (Lipinski definition) is 6. The van der Waals surface area contributed by atoms with Gasteiger partial charge >= 0.3 is 0 Å². The van der Waals surface area contributed by atoms with Crippen molar-refractivity contribution in [1.29, 1.82) is 0 Å². The van der Waals surface area contributed by atoms with Gasteiger partial charge in [-0.3, -0.25) is 4.79 Å². The molecule has 0 radical (unpaired) electrons. The fourth-order valence-electron chi connectivity index (χ4n) is 2.66. The molecule has 138 valence electrons. The van der Waals surface area contributed by atoms with Crippen LogP contribution in [0.2, 0.25) is 0 Å². The van der Waals surface area contributed by atoms with E-state index < -0.39 is 9.84 Å². The molecule has 8 heteroatoms. The SMILES string of the molecule is CS(=O)(=O)Cc1cc(N)nc(-c2ccc(NC(=O)CCC3CC3)cc2)n1. The topological polar surface area (TPSA) is 115 Å². The molecule has 1 fully saturated rings. The maximum absolute atomic E-state index is 11.9. The van der Waals surface area contributed by atoms with Crippen LogP contribution in [0.5, 0.6) is 0 Å². The Hall–Kier alpha value is -2.48. The fraction of sp³-hybridized carbons (Fsp3) is 0.389. The Morgan fingerprint density at radius 2 is 1.92 bits per heavy atom. The van der Waals surface area contributed by atoms with Crippen molar-refractivity contribution in [2.75, 3.05) is 17.3 Å². The zero-order chi connectivity index (χ0) is 18.7. The number of sulfone groups is 1. The number of nitrogens with two attached hydrogens (primary N) is 1. The van der Waals surface area contributed by atoms with E-state index in [2.05, 4.69) is 15.3 Å². The number of nitrogens with one attached hydrogen (secondary N) is 1. The molecule has 26 heavy (non-hydrogen) atoms. The van der Waals surface area contributed by atoms with Gasteiger partial charge in [0.05, 0.1) is 11.4 Å². The van der Waals surface area contributed by atoms with Crippen molar-refractivity contribution in [3.05, 3.63) is 36.0 Å². The molecule has 1 saturated carbocycles. The number of amides is 1. The van der Waals surface area contributed by atoms with Crippen LogP contribution in [0.25, 0.3) is 11.4 Å². The molecule has 0 atom stereocenters. The third-order valence-electron chi connectivity index (χ3n) is 4.11. The lowest BCUT2D eigenvalue weighted by Crippen LogP contribution is -2.11. The van der Waals surface area contributed by atoms with Gasteiger partial charge in [-0.1, -0.05) is 12.8 Å². The van der Waals surface area contributed by atoms with Crippen LogP contribution in [0.3, 0.4) is 0 Å². The van der Waals surface area contributed by atoms with Gasteiger partial charge in [-0.25, -0.2) is 18.4 Å². The van der Waals surface area contributed by atoms with Crippen molar-refractivity contribution >= 4 is 27.2 Å². The summed E-state index contributed by atoms with van der Waals surface area (Å²) in [6.45, 7) is 0. The summed E-state index contributed by atoms with van der Waals surface area (Å²) in [5.74, 6) is 1.12. The quantitative estimate of drug-likeness (QED) is 0.769. The van der Waals surface area contributed by atoms with E-state index >= 15 is 0 Å². The molecule has 7 nitrogen and oxygen atoms in total. The van der Waals surface area contributed by atoms with E-state index in [4.69, 9.17) is 5.73 Å². The first-order chi connectivity index (χ1) is 12.3. The molecule has 3 rings (SSSR count). The maximum atomic E-state index is 11.9. The highest BCUT2D eigenvalue weighted by Gasteiger charge is 2.21. The van der Waals surface area contributed by atoms with Gasteiger partial charge in [0.25, 0.3) is 0 Å². The number of benzene rings is 1. The molecule has 0 unspecified atom stereocenters. The molecule has 1 aromatic carbocycles. The van der Waals surface area contributed by atoms with Crippen LogP contribution in [-0.4, -0.2) is 30.5 Å². The Labute approximate surface area is 153 Å². The molecule has 1 aliphatic carbocycles. The first-order valence-corrected chi connectivity index (χ1v) is 10.6. The number of nitrogens with zero attached hydrogens (tertiary/aromatic N) is 2. The van der Waals surface area contributed by atoms with E-state index in [1.54, 1.807) is 24.3 Å². The third-order valence-corrected chi connectivity index (χ3v) is 4.93. The molecular formula is C18H22N4O3S. The van der Waals surface area contributed by atoms with Gasteiger partial charge in [-0.15, -0.1) is 0 Å². The van der Waals surface area contributed by atoms with E-state index in [-0.39, 0.29) is 17.5 Å². The zero-order valence-electron chi connectivity index (χ0n) is 14.6. The highest BCUT2D eigenvalue weighted by atomic mass is 32.2. The lowest BCUT2D eigenvalue weighted by Gasteiger charge is -2.08. The average Bonchev–Trinajstić information content (AvgIpc) is 3.36. The summed E-state index contributed by atoms with van der Waals surface area (Å²) >= 11 is 0. The van der Waals surface area contributed by atoms with E-state index in [1.165, 1.54) is 18.9 Å². The van der Waals surface area contributed by atoms with Crippen LogP contribution in [0.15, 0.2) is 30.3 Å². The van der Waals surface area contributed by atoms with Crippen LogP contribution in [-0.2, 0) is 20.4 Å². The molecule has 1 aliphatic rings. The van der Waals surface area contributed by atoms with Crippen LogP contribution in [0.1, 0.15) is 31.4 Å². The normalized spacial score (nSPS) is 14.2. The Morgan fingerprint density at radius 1 is 1.23 bits per heavy atom. The molecule has 2 aromatic rings. The number of rotatable bonds is 7. The van der Waals surface area contributed by atoms with Crippen LogP contribution in [0, 0.1) is 5.92 Å². The number of carbonyl (C=O) groups is 1. The molecule has 1 heterocycles. The van der Waals surface area contributed by atoms with E-state index in [9.17, 15) is 13.2 Å². The summed E-state index contributed by atoms with van der Waals surface area (Å²) in [5, 5.41) is 2.87. The lowest BCUT2D eigenvalue weighted by atomic mass is 10.1. The molecule has 0 saturated heterocycles. The van der Waals surface area contributed by atoms with Crippen molar-refractivity contribution in [2.45, 2.75) is 31.4 Å². The van der Waals surface area contributed by atoms with Gasteiger partial charge in [0.15, 0.2) is 15.7 Å². The summed E-state index contributed by atoms with van der Waals surface area (Å²) < 4.78 is 22.9. The first kappa shape index (κ1) is 18.3. The minimum Gasteiger partial charge on any atom is -0.384 e. The van der Waals surface area contributed by atoms with Crippen molar-refractivity contribution in [3.8, 4) is 11.4 Å². The number of carbonyl (C=O) groups excluding carboxylic acids is 1. The molecular weight excluding hydrogens is 352 g/mol. The van der Waals surface area contributed by atoms with Crippen molar-refractivity contribution in [2.24, 2.45) is 5.92 Å². The van der Waals surface area contributed by atoms with E-state index in [0.29, 0.717) is 29.2 Å². The van der Waals surface area contributed by atoms with Crippen molar-refractivity contribution < 1.29 is 13.2 Å². The highest BCUT2D eigenvalue weighted by molar-refractivity contribution is 7.89. The smallest absolute Gasteiger partial charge is 0.224 e. The molecule has 0 spiro atoms. The predicted octanol–water partition coefficient (Wildman–Crippen LogP) is 2.40.